The molecule has 4 heteroatoms. The molecule has 0 saturated carbocycles. The lowest BCUT2D eigenvalue weighted by molar-refractivity contribution is -0.118. The monoisotopic (exact) mass is 390 g/mol. The summed E-state index contributed by atoms with van der Waals surface area (Å²) in [6.07, 6.45) is 1.42. The van der Waals surface area contributed by atoms with Crippen LogP contribution < -0.4 is 15.4 Å². The molecule has 2 aliphatic rings. The van der Waals surface area contributed by atoms with Crippen LogP contribution in [0, 0.1) is 19.3 Å². The molecule has 1 aliphatic carbocycles. The summed E-state index contributed by atoms with van der Waals surface area (Å²) in [5, 5.41) is 7.29. The Balaban J connectivity index is 1.84. The van der Waals surface area contributed by atoms with E-state index in [1.807, 2.05) is 19.1 Å². The normalized spacial score (nSPS) is 20.2. The predicted molar refractivity (Wildman–Crippen MR) is 119 cm³/mol. The second-order valence-electron chi connectivity index (χ2n) is 9.02. The van der Waals surface area contributed by atoms with E-state index in [2.05, 4.69) is 62.6 Å². The molecule has 1 atom stereocenters. The van der Waals surface area contributed by atoms with E-state index in [0.717, 1.165) is 40.4 Å². The standard InChI is InChI=1S/C25H30N2O2/c1-6-29-18-9-7-17(8-10-18)24-23-21(13-25(4,5)14-22(23)28)26-19-11-15(2)16(3)12-20(19)27-24/h7-12,24,26-27H,6,13-14H2,1-5H3. The summed E-state index contributed by atoms with van der Waals surface area (Å²) in [6.45, 7) is 11.2. The number of Topliss-reactive ketones (excluding diaryl/α,β-unsaturated/α-hetero) is 1. The molecule has 0 amide bonds. The number of benzene rings is 2. The Hall–Kier alpha value is -2.75. The Bertz CT molecular complexity index is 987. The van der Waals surface area contributed by atoms with Gasteiger partial charge in [0.05, 0.1) is 24.0 Å². The van der Waals surface area contributed by atoms with Crippen LogP contribution in [-0.4, -0.2) is 12.4 Å². The van der Waals surface area contributed by atoms with Crippen LogP contribution in [0.5, 0.6) is 5.75 Å². The van der Waals surface area contributed by atoms with Crippen molar-refractivity contribution in [1.82, 2.24) is 0 Å². The third-order valence-corrected chi connectivity index (χ3v) is 5.95. The topological polar surface area (TPSA) is 50.4 Å². The second-order valence-corrected chi connectivity index (χ2v) is 9.02. The summed E-state index contributed by atoms with van der Waals surface area (Å²) < 4.78 is 5.60. The molecule has 0 radical (unpaired) electrons. The molecular weight excluding hydrogens is 360 g/mol. The van der Waals surface area contributed by atoms with Crippen LogP contribution in [0.3, 0.4) is 0 Å². The maximum atomic E-state index is 13.3. The zero-order chi connectivity index (χ0) is 20.8. The maximum absolute atomic E-state index is 13.3. The van der Waals surface area contributed by atoms with Gasteiger partial charge in [-0.15, -0.1) is 0 Å². The number of ether oxygens (including phenoxy) is 1. The molecule has 4 nitrogen and oxygen atoms in total. The molecule has 2 aromatic carbocycles. The number of allylic oxidation sites excluding steroid dienone is 1. The molecule has 0 aromatic heterocycles. The molecule has 1 heterocycles. The smallest absolute Gasteiger partial charge is 0.163 e. The van der Waals surface area contributed by atoms with Crippen molar-refractivity contribution in [2.45, 2.75) is 53.5 Å². The predicted octanol–water partition coefficient (Wildman–Crippen LogP) is 5.92. The van der Waals surface area contributed by atoms with Gasteiger partial charge >= 0.3 is 0 Å². The third kappa shape index (κ3) is 3.76. The van der Waals surface area contributed by atoms with Crippen molar-refractivity contribution >= 4 is 17.2 Å². The number of ketones is 1. The highest BCUT2D eigenvalue weighted by Crippen LogP contribution is 2.46. The molecule has 29 heavy (non-hydrogen) atoms. The lowest BCUT2D eigenvalue weighted by atomic mass is 9.73. The summed E-state index contributed by atoms with van der Waals surface area (Å²) in [7, 11) is 0. The van der Waals surface area contributed by atoms with E-state index < -0.39 is 0 Å². The number of carbonyl (C=O) groups excluding carboxylic acids is 1. The van der Waals surface area contributed by atoms with Crippen LogP contribution >= 0.6 is 0 Å². The highest BCUT2D eigenvalue weighted by Gasteiger charge is 2.38. The molecule has 1 unspecified atom stereocenters. The zero-order valence-corrected chi connectivity index (χ0v) is 18.0. The van der Waals surface area contributed by atoms with Crippen LogP contribution in [0.15, 0.2) is 47.7 Å². The summed E-state index contributed by atoms with van der Waals surface area (Å²) in [4.78, 5) is 13.3. The minimum atomic E-state index is -0.180. The molecule has 0 spiro atoms. The second kappa shape index (κ2) is 7.25. The van der Waals surface area contributed by atoms with E-state index in [1.54, 1.807) is 0 Å². The number of fused-ring (bicyclic) bond motifs is 1. The minimum absolute atomic E-state index is 0.0451. The number of carbonyl (C=O) groups is 1. The quantitative estimate of drug-likeness (QED) is 0.682. The zero-order valence-electron chi connectivity index (χ0n) is 18.0. The van der Waals surface area contributed by atoms with Crippen LogP contribution in [-0.2, 0) is 4.79 Å². The largest absolute Gasteiger partial charge is 0.494 e. The van der Waals surface area contributed by atoms with Crippen molar-refractivity contribution in [2.75, 3.05) is 17.2 Å². The van der Waals surface area contributed by atoms with E-state index in [4.69, 9.17) is 4.74 Å². The molecule has 4 rings (SSSR count). The first-order valence-corrected chi connectivity index (χ1v) is 10.4. The Morgan fingerprint density at radius 1 is 1.03 bits per heavy atom. The summed E-state index contributed by atoms with van der Waals surface area (Å²) in [5.74, 6) is 1.07. The number of anilines is 2. The lowest BCUT2D eigenvalue weighted by Gasteiger charge is -2.34. The Kier molecular flexibility index (Phi) is 4.89. The molecule has 0 fully saturated rings. The highest BCUT2D eigenvalue weighted by molar-refractivity contribution is 6.01. The number of hydrogen-bond acceptors (Lipinski definition) is 4. The lowest BCUT2D eigenvalue weighted by Crippen LogP contribution is -2.31. The first-order valence-electron chi connectivity index (χ1n) is 10.4. The average molecular weight is 391 g/mol. The van der Waals surface area contributed by atoms with E-state index in [9.17, 15) is 4.79 Å². The van der Waals surface area contributed by atoms with Gasteiger partial charge in [-0.1, -0.05) is 26.0 Å². The van der Waals surface area contributed by atoms with Crippen LogP contribution in [0.1, 0.15) is 56.3 Å². The van der Waals surface area contributed by atoms with E-state index in [1.165, 1.54) is 11.1 Å². The van der Waals surface area contributed by atoms with E-state index in [0.29, 0.717) is 13.0 Å². The number of aryl methyl sites for hydroxylation is 2. The number of rotatable bonds is 3. The van der Waals surface area contributed by atoms with Crippen molar-refractivity contribution in [3.63, 3.8) is 0 Å². The van der Waals surface area contributed by atoms with Gasteiger partial charge in [0.15, 0.2) is 5.78 Å². The molecule has 2 aromatic rings. The first-order chi connectivity index (χ1) is 13.8. The molecular formula is C25H30N2O2. The Morgan fingerprint density at radius 2 is 1.69 bits per heavy atom. The average Bonchev–Trinajstić information content (AvgIpc) is 2.79. The third-order valence-electron chi connectivity index (χ3n) is 5.95. The Morgan fingerprint density at radius 3 is 2.34 bits per heavy atom. The van der Waals surface area contributed by atoms with E-state index >= 15 is 0 Å². The van der Waals surface area contributed by atoms with E-state index in [-0.39, 0.29) is 17.2 Å². The van der Waals surface area contributed by atoms with Gasteiger partial charge in [-0.2, -0.15) is 0 Å². The highest BCUT2D eigenvalue weighted by atomic mass is 16.5. The van der Waals surface area contributed by atoms with Crippen molar-refractivity contribution in [3.05, 3.63) is 64.4 Å². The maximum Gasteiger partial charge on any atom is 0.163 e. The van der Waals surface area contributed by atoms with Crippen molar-refractivity contribution in [3.8, 4) is 5.75 Å². The molecule has 0 bridgehead atoms. The van der Waals surface area contributed by atoms with Crippen LogP contribution in [0.25, 0.3) is 0 Å². The van der Waals surface area contributed by atoms with Gasteiger partial charge in [0.25, 0.3) is 0 Å². The SMILES string of the molecule is CCOc1ccc(C2Nc3cc(C)c(C)cc3NC3=C2C(=O)CC(C)(C)C3)cc1. The van der Waals surface area contributed by atoms with Gasteiger partial charge in [-0.25, -0.2) is 0 Å². The summed E-state index contributed by atoms with van der Waals surface area (Å²) in [5.41, 5.74) is 7.47. The first kappa shape index (κ1) is 19.6. The fraction of sp³-hybridized carbons (Fsp3) is 0.400. The van der Waals surface area contributed by atoms with Crippen molar-refractivity contribution in [1.29, 1.82) is 0 Å². The van der Waals surface area contributed by atoms with Gasteiger partial charge in [0, 0.05) is 17.7 Å². The molecule has 0 saturated heterocycles. The van der Waals surface area contributed by atoms with Gasteiger partial charge in [0.1, 0.15) is 5.75 Å². The van der Waals surface area contributed by atoms with Gasteiger partial charge in [-0.3, -0.25) is 4.79 Å². The van der Waals surface area contributed by atoms with Gasteiger partial charge in [-0.05, 0) is 73.6 Å². The van der Waals surface area contributed by atoms with Gasteiger partial charge < -0.3 is 15.4 Å². The van der Waals surface area contributed by atoms with Crippen LogP contribution in [0.2, 0.25) is 0 Å². The molecule has 1 aliphatic heterocycles. The van der Waals surface area contributed by atoms with Crippen LogP contribution in [0.4, 0.5) is 11.4 Å². The van der Waals surface area contributed by atoms with Crippen molar-refractivity contribution < 1.29 is 9.53 Å². The summed E-state index contributed by atoms with van der Waals surface area (Å²) >= 11 is 0. The molecule has 2 N–H and O–H groups in total. The fourth-order valence-electron chi connectivity index (χ4n) is 4.38. The minimum Gasteiger partial charge on any atom is -0.494 e. The Labute approximate surface area is 173 Å². The number of nitrogens with one attached hydrogen (secondary N) is 2. The number of hydrogen-bond donors (Lipinski definition) is 2. The van der Waals surface area contributed by atoms with Gasteiger partial charge in [0.2, 0.25) is 0 Å². The van der Waals surface area contributed by atoms with Crippen molar-refractivity contribution in [2.24, 2.45) is 5.41 Å². The fourth-order valence-corrected chi connectivity index (χ4v) is 4.38. The molecule has 152 valence electrons. The summed E-state index contributed by atoms with van der Waals surface area (Å²) in [6, 6.07) is 12.3.